The summed E-state index contributed by atoms with van der Waals surface area (Å²) in [5.41, 5.74) is 0. The molecule has 1 aromatic rings. The number of morpholine rings is 1. The van der Waals surface area contributed by atoms with Crippen LogP contribution in [0, 0.1) is 5.92 Å². The fraction of sp³-hybridized carbons (Fsp3) is 0.875. The Morgan fingerprint density at radius 2 is 2.04 bits per heavy atom. The minimum atomic E-state index is -0.0375. The van der Waals surface area contributed by atoms with Crippen LogP contribution >= 0.6 is 0 Å². The smallest absolute Gasteiger partial charge is 0.317 e. The summed E-state index contributed by atoms with van der Waals surface area (Å²) in [6.45, 7) is 2.37. The van der Waals surface area contributed by atoms with Crippen LogP contribution in [0.15, 0.2) is 0 Å². The first-order valence-electron chi connectivity index (χ1n) is 9.22. The van der Waals surface area contributed by atoms with Gasteiger partial charge in [-0.15, -0.1) is 5.10 Å². The quantitative estimate of drug-likeness (QED) is 0.902. The van der Waals surface area contributed by atoms with E-state index in [4.69, 9.17) is 4.74 Å². The molecule has 1 unspecified atom stereocenters. The van der Waals surface area contributed by atoms with Crippen molar-refractivity contribution >= 4 is 6.03 Å². The lowest BCUT2D eigenvalue weighted by Gasteiger charge is -2.38. The molecule has 1 aromatic heterocycles. The van der Waals surface area contributed by atoms with Crippen LogP contribution in [0.25, 0.3) is 0 Å². The van der Waals surface area contributed by atoms with Crippen molar-refractivity contribution in [1.29, 1.82) is 0 Å². The number of ether oxygens (including phenoxy) is 1. The van der Waals surface area contributed by atoms with E-state index in [1.165, 1.54) is 32.1 Å². The van der Waals surface area contributed by atoms with Crippen molar-refractivity contribution in [3.05, 3.63) is 5.82 Å². The van der Waals surface area contributed by atoms with E-state index in [-0.39, 0.29) is 12.1 Å². The first-order chi connectivity index (χ1) is 11.8. The van der Waals surface area contributed by atoms with Gasteiger partial charge in [0.05, 0.1) is 25.3 Å². The van der Waals surface area contributed by atoms with Gasteiger partial charge in [0, 0.05) is 13.1 Å². The maximum Gasteiger partial charge on any atom is 0.317 e. The number of carbonyl (C=O) groups is 1. The second kappa shape index (κ2) is 7.04. The predicted molar refractivity (Wildman–Crippen MR) is 86.2 cm³/mol. The number of hydrogen-bond donors (Lipinski definition) is 1. The van der Waals surface area contributed by atoms with E-state index in [9.17, 15) is 4.79 Å². The Morgan fingerprint density at radius 1 is 1.21 bits per heavy atom. The predicted octanol–water partition coefficient (Wildman–Crippen LogP) is 1.50. The maximum absolute atomic E-state index is 12.5. The molecule has 2 heterocycles. The summed E-state index contributed by atoms with van der Waals surface area (Å²) in [4.78, 5) is 14.4. The van der Waals surface area contributed by atoms with Crippen molar-refractivity contribution < 1.29 is 9.53 Å². The Kier molecular flexibility index (Phi) is 4.64. The molecule has 0 spiro atoms. The van der Waals surface area contributed by atoms with Gasteiger partial charge < -0.3 is 15.0 Å². The first kappa shape index (κ1) is 15.8. The number of urea groups is 1. The number of carbonyl (C=O) groups excluding carboxylic acids is 1. The summed E-state index contributed by atoms with van der Waals surface area (Å²) in [7, 11) is 0. The molecule has 1 saturated heterocycles. The SMILES string of the molecule is O=C(NCc1nnnn1C1CC1)N1CCOC(C2CCCCC2)C1. The fourth-order valence-corrected chi connectivity index (χ4v) is 3.85. The summed E-state index contributed by atoms with van der Waals surface area (Å²) in [6.07, 6.45) is 8.83. The van der Waals surface area contributed by atoms with Crippen molar-refractivity contribution in [2.75, 3.05) is 19.7 Å². The van der Waals surface area contributed by atoms with Crippen molar-refractivity contribution in [2.24, 2.45) is 5.92 Å². The molecular formula is C16H26N6O2. The Hall–Kier alpha value is -1.70. The van der Waals surface area contributed by atoms with Gasteiger partial charge in [0.2, 0.25) is 0 Å². The zero-order valence-corrected chi connectivity index (χ0v) is 14.1. The number of nitrogens with zero attached hydrogens (tertiary/aromatic N) is 5. The second-order valence-corrected chi connectivity index (χ2v) is 7.18. The molecule has 132 valence electrons. The van der Waals surface area contributed by atoms with Crippen LogP contribution in [-0.4, -0.2) is 56.9 Å². The normalized spacial score (nSPS) is 25.7. The summed E-state index contributed by atoms with van der Waals surface area (Å²) in [5, 5.41) is 14.7. The molecule has 0 radical (unpaired) electrons. The molecule has 2 aliphatic carbocycles. The number of tetrazole rings is 1. The van der Waals surface area contributed by atoms with Crippen LogP contribution < -0.4 is 5.32 Å². The topological polar surface area (TPSA) is 85.2 Å². The van der Waals surface area contributed by atoms with Crippen molar-refractivity contribution in [2.45, 2.75) is 63.6 Å². The van der Waals surface area contributed by atoms with Crippen LogP contribution in [0.1, 0.15) is 56.8 Å². The highest BCUT2D eigenvalue weighted by molar-refractivity contribution is 5.74. The third-order valence-corrected chi connectivity index (χ3v) is 5.41. The molecule has 0 bridgehead atoms. The number of aromatic nitrogens is 4. The van der Waals surface area contributed by atoms with Gasteiger partial charge in [-0.05, 0) is 42.0 Å². The third-order valence-electron chi connectivity index (χ3n) is 5.41. The highest BCUT2D eigenvalue weighted by atomic mass is 16.5. The molecule has 2 amide bonds. The van der Waals surface area contributed by atoms with Gasteiger partial charge in [-0.25, -0.2) is 9.48 Å². The number of nitrogens with one attached hydrogen (secondary N) is 1. The molecule has 24 heavy (non-hydrogen) atoms. The van der Waals surface area contributed by atoms with Crippen LogP contribution in [0.5, 0.6) is 0 Å². The number of hydrogen-bond acceptors (Lipinski definition) is 5. The number of amides is 2. The Balaban J connectivity index is 1.29. The fourth-order valence-electron chi connectivity index (χ4n) is 3.85. The van der Waals surface area contributed by atoms with E-state index >= 15 is 0 Å². The van der Waals surface area contributed by atoms with E-state index in [0.717, 1.165) is 18.7 Å². The molecule has 2 saturated carbocycles. The van der Waals surface area contributed by atoms with Crippen LogP contribution in [0.4, 0.5) is 4.79 Å². The largest absolute Gasteiger partial charge is 0.374 e. The minimum Gasteiger partial charge on any atom is -0.374 e. The lowest BCUT2D eigenvalue weighted by Crippen LogP contribution is -2.51. The molecule has 1 N–H and O–H groups in total. The number of rotatable bonds is 4. The molecule has 3 fully saturated rings. The van der Waals surface area contributed by atoms with Gasteiger partial charge in [-0.3, -0.25) is 0 Å². The molecular weight excluding hydrogens is 308 g/mol. The van der Waals surface area contributed by atoms with E-state index in [2.05, 4.69) is 20.8 Å². The summed E-state index contributed by atoms with van der Waals surface area (Å²) >= 11 is 0. The average Bonchev–Trinajstić information content (AvgIpc) is 3.38. The van der Waals surface area contributed by atoms with Gasteiger partial charge in [0.15, 0.2) is 5.82 Å². The monoisotopic (exact) mass is 334 g/mol. The Morgan fingerprint density at radius 3 is 2.83 bits per heavy atom. The van der Waals surface area contributed by atoms with Crippen LogP contribution in [-0.2, 0) is 11.3 Å². The maximum atomic E-state index is 12.5. The van der Waals surface area contributed by atoms with Gasteiger partial charge in [0.25, 0.3) is 0 Å². The second-order valence-electron chi connectivity index (χ2n) is 7.18. The summed E-state index contributed by atoms with van der Waals surface area (Å²) < 4.78 is 7.79. The van der Waals surface area contributed by atoms with Crippen molar-refractivity contribution in [3.63, 3.8) is 0 Å². The Labute approximate surface area is 141 Å². The molecule has 8 heteroatoms. The molecule has 1 aliphatic heterocycles. The van der Waals surface area contributed by atoms with E-state index in [0.29, 0.717) is 38.2 Å². The summed E-state index contributed by atoms with van der Waals surface area (Å²) in [6, 6.07) is 0.385. The van der Waals surface area contributed by atoms with E-state index in [1.807, 2.05) is 9.58 Å². The molecule has 0 aromatic carbocycles. The molecule has 1 atom stereocenters. The minimum absolute atomic E-state index is 0.0375. The zero-order chi connectivity index (χ0) is 16.4. The molecule has 4 rings (SSSR count). The van der Waals surface area contributed by atoms with Gasteiger partial charge in [0.1, 0.15) is 0 Å². The highest BCUT2D eigenvalue weighted by Gasteiger charge is 2.32. The van der Waals surface area contributed by atoms with Crippen LogP contribution in [0.2, 0.25) is 0 Å². The standard InChI is InChI=1S/C16H26N6O2/c23-16(17-10-15-18-19-20-22(15)13-6-7-13)21-8-9-24-14(11-21)12-4-2-1-3-5-12/h12-14H,1-11H2,(H,17,23). The third kappa shape index (κ3) is 3.53. The van der Waals surface area contributed by atoms with Gasteiger partial charge in [-0.1, -0.05) is 19.3 Å². The highest BCUT2D eigenvalue weighted by Crippen LogP contribution is 2.34. The van der Waals surface area contributed by atoms with E-state index in [1.54, 1.807) is 0 Å². The zero-order valence-electron chi connectivity index (χ0n) is 14.1. The van der Waals surface area contributed by atoms with Crippen molar-refractivity contribution in [3.8, 4) is 0 Å². The van der Waals surface area contributed by atoms with Crippen molar-refractivity contribution in [1.82, 2.24) is 30.4 Å². The summed E-state index contributed by atoms with van der Waals surface area (Å²) in [5.74, 6) is 1.35. The molecule has 8 nitrogen and oxygen atoms in total. The lowest BCUT2D eigenvalue weighted by atomic mass is 9.84. The molecule has 3 aliphatic rings. The Bertz CT molecular complexity index is 567. The van der Waals surface area contributed by atoms with E-state index < -0.39 is 0 Å². The van der Waals surface area contributed by atoms with Gasteiger partial charge in [-0.2, -0.15) is 0 Å². The van der Waals surface area contributed by atoms with Crippen LogP contribution in [0.3, 0.4) is 0 Å². The lowest BCUT2D eigenvalue weighted by molar-refractivity contribution is -0.0525. The van der Waals surface area contributed by atoms with Gasteiger partial charge >= 0.3 is 6.03 Å². The average molecular weight is 334 g/mol. The first-order valence-corrected chi connectivity index (χ1v) is 9.22.